The van der Waals surface area contributed by atoms with Crippen LogP contribution in [-0.2, 0) is 20.7 Å². The lowest BCUT2D eigenvalue weighted by Gasteiger charge is -2.28. The highest BCUT2D eigenvalue weighted by atomic mass is 35.5. The standard InChI is InChI=1S/C29H24Cl2N2O4/c1-37-26(34)11-8-19-4-2-5-22(14-19)21-9-6-20(7-10-21)18-29-12-3-13-32(29)28(36)33(27(29)35)25-16-23(30)15-24(31)17-25/h2,4-11,14-17H,3,12-13,18H2,1H3. The number of urea groups is 1. The smallest absolute Gasteiger partial charge is 0.332 e. The lowest BCUT2D eigenvalue weighted by molar-refractivity contribution is -0.134. The number of benzene rings is 3. The Morgan fingerprint density at radius 1 is 1.00 bits per heavy atom. The van der Waals surface area contributed by atoms with Crippen LogP contribution in [0.25, 0.3) is 17.2 Å². The molecule has 5 rings (SSSR count). The minimum Gasteiger partial charge on any atom is -0.466 e. The van der Waals surface area contributed by atoms with Crippen molar-refractivity contribution < 1.29 is 19.1 Å². The Balaban J connectivity index is 1.39. The van der Waals surface area contributed by atoms with Gasteiger partial charge in [0, 0.05) is 29.1 Å². The van der Waals surface area contributed by atoms with Gasteiger partial charge >= 0.3 is 12.0 Å². The second-order valence-corrected chi connectivity index (χ2v) is 10.1. The molecule has 37 heavy (non-hydrogen) atoms. The summed E-state index contributed by atoms with van der Waals surface area (Å²) in [6, 6.07) is 20.2. The summed E-state index contributed by atoms with van der Waals surface area (Å²) < 4.78 is 4.65. The van der Waals surface area contributed by atoms with Crippen LogP contribution in [-0.4, -0.2) is 42.0 Å². The third kappa shape index (κ3) is 4.75. The summed E-state index contributed by atoms with van der Waals surface area (Å²) in [4.78, 5) is 41.4. The lowest BCUT2D eigenvalue weighted by atomic mass is 9.87. The molecule has 0 aromatic heterocycles. The average Bonchev–Trinajstić information content (AvgIpc) is 3.39. The Morgan fingerprint density at radius 3 is 2.43 bits per heavy atom. The Bertz CT molecular complexity index is 1400. The quantitative estimate of drug-likeness (QED) is 0.209. The van der Waals surface area contributed by atoms with Gasteiger partial charge in [0.15, 0.2) is 0 Å². The first kappa shape index (κ1) is 25.1. The van der Waals surface area contributed by atoms with Gasteiger partial charge in [-0.15, -0.1) is 0 Å². The van der Waals surface area contributed by atoms with E-state index >= 15 is 0 Å². The molecule has 2 aliphatic rings. The summed E-state index contributed by atoms with van der Waals surface area (Å²) >= 11 is 12.3. The van der Waals surface area contributed by atoms with Crippen LogP contribution in [0.3, 0.4) is 0 Å². The normalized spacial score (nSPS) is 19.1. The number of esters is 1. The summed E-state index contributed by atoms with van der Waals surface area (Å²) in [5.41, 5.74) is 3.30. The van der Waals surface area contributed by atoms with Crippen molar-refractivity contribution >= 4 is 52.9 Å². The molecule has 2 saturated heterocycles. The number of anilines is 1. The van der Waals surface area contributed by atoms with E-state index in [0.717, 1.165) is 28.7 Å². The molecule has 0 bridgehead atoms. The first-order valence-electron chi connectivity index (χ1n) is 11.9. The number of nitrogens with zero attached hydrogens (tertiary/aromatic N) is 2. The molecule has 0 aliphatic carbocycles. The Morgan fingerprint density at radius 2 is 1.73 bits per heavy atom. The van der Waals surface area contributed by atoms with Crippen molar-refractivity contribution in [1.29, 1.82) is 0 Å². The number of hydrogen-bond acceptors (Lipinski definition) is 4. The molecule has 188 valence electrons. The summed E-state index contributed by atoms with van der Waals surface area (Å²) in [5.74, 6) is -0.658. The maximum Gasteiger partial charge on any atom is 0.332 e. The second-order valence-electron chi connectivity index (χ2n) is 9.19. The zero-order valence-electron chi connectivity index (χ0n) is 20.1. The number of carbonyl (C=O) groups is 3. The first-order chi connectivity index (χ1) is 17.8. The molecule has 3 amide bonds. The van der Waals surface area contributed by atoms with E-state index in [1.54, 1.807) is 29.2 Å². The molecule has 2 heterocycles. The molecule has 3 aromatic rings. The van der Waals surface area contributed by atoms with Crippen LogP contribution < -0.4 is 4.90 Å². The number of amides is 3. The van der Waals surface area contributed by atoms with Gasteiger partial charge in [0.2, 0.25) is 0 Å². The lowest BCUT2D eigenvalue weighted by Crippen LogP contribution is -2.47. The van der Waals surface area contributed by atoms with Crippen molar-refractivity contribution in [2.75, 3.05) is 18.6 Å². The minimum atomic E-state index is -0.925. The molecule has 3 aromatic carbocycles. The van der Waals surface area contributed by atoms with Crippen molar-refractivity contribution in [3.05, 3.63) is 94.0 Å². The van der Waals surface area contributed by atoms with Crippen LogP contribution in [0.15, 0.2) is 72.8 Å². The second kappa shape index (κ2) is 10.0. The van der Waals surface area contributed by atoms with E-state index in [2.05, 4.69) is 4.74 Å². The molecular formula is C29H24Cl2N2O4. The van der Waals surface area contributed by atoms with Crippen molar-refractivity contribution in [3.63, 3.8) is 0 Å². The largest absolute Gasteiger partial charge is 0.466 e. The van der Waals surface area contributed by atoms with Crippen LogP contribution in [0.2, 0.25) is 10.0 Å². The molecule has 0 radical (unpaired) electrons. The molecule has 0 N–H and O–H groups in total. The van der Waals surface area contributed by atoms with Gasteiger partial charge in [-0.2, -0.15) is 0 Å². The molecule has 1 atom stereocenters. The number of carbonyl (C=O) groups excluding carboxylic acids is 3. The van der Waals surface area contributed by atoms with Gasteiger partial charge in [-0.1, -0.05) is 65.7 Å². The highest BCUT2D eigenvalue weighted by molar-refractivity contribution is 6.35. The van der Waals surface area contributed by atoms with E-state index in [1.807, 2.05) is 48.5 Å². The van der Waals surface area contributed by atoms with Crippen molar-refractivity contribution in [1.82, 2.24) is 4.90 Å². The fraction of sp³-hybridized carbons (Fsp3) is 0.207. The molecule has 0 spiro atoms. The van der Waals surface area contributed by atoms with E-state index in [1.165, 1.54) is 18.1 Å². The number of methoxy groups -OCH3 is 1. The highest BCUT2D eigenvalue weighted by Crippen LogP contribution is 2.43. The predicted molar refractivity (Wildman–Crippen MR) is 145 cm³/mol. The van der Waals surface area contributed by atoms with E-state index in [-0.39, 0.29) is 11.9 Å². The number of rotatable bonds is 6. The molecule has 8 heteroatoms. The minimum absolute atomic E-state index is 0.248. The van der Waals surface area contributed by atoms with Crippen molar-refractivity contribution in [2.45, 2.75) is 24.8 Å². The number of fused-ring (bicyclic) bond motifs is 1. The Hall–Kier alpha value is -3.61. The van der Waals surface area contributed by atoms with Crippen molar-refractivity contribution in [2.24, 2.45) is 0 Å². The third-order valence-corrected chi connectivity index (χ3v) is 7.34. The Kier molecular flexibility index (Phi) is 6.80. The monoisotopic (exact) mass is 534 g/mol. The SMILES string of the molecule is COC(=O)C=Cc1cccc(-c2ccc(CC34CCCN3C(=O)N(c3cc(Cl)cc(Cl)c3)C4=O)cc2)c1. The van der Waals surface area contributed by atoms with Crippen LogP contribution in [0.5, 0.6) is 0 Å². The third-order valence-electron chi connectivity index (χ3n) is 6.90. The van der Waals surface area contributed by atoms with E-state index in [0.29, 0.717) is 35.1 Å². The zero-order chi connectivity index (χ0) is 26.2. The predicted octanol–water partition coefficient (Wildman–Crippen LogP) is 6.39. The Labute approximate surface area is 225 Å². The van der Waals surface area contributed by atoms with E-state index < -0.39 is 11.5 Å². The zero-order valence-corrected chi connectivity index (χ0v) is 21.6. The van der Waals surface area contributed by atoms with Crippen LogP contribution in [0.1, 0.15) is 24.0 Å². The number of ether oxygens (including phenoxy) is 1. The van der Waals surface area contributed by atoms with Gasteiger partial charge < -0.3 is 9.64 Å². The molecule has 2 fully saturated rings. The van der Waals surface area contributed by atoms with Crippen molar-refractivity contribution in [3.8, 4) is 11.1 Å². The molecule has 0 saturated carbocycles. The van der Waals surface area contributed by atoms with Gasteiger partial charge in [-0.3, -0.25) is 4.79 Å². The first-order valence-corrected chi connectivity index (χ1v) is 12.6. The van der Waals surface area contributed by atoms with Crippen LogP contribution in [0.4, 0.5) is 10.5 Å². The number of hydrogen-bond donors (Lipinski definition) is 0. The number of halogens is 2. The van der Waals surface area contributed by atoms with Gasteiger partial charge in [-0.05, 0) is 65.4 Å². The van der Waals surface area contributed by atoms with Crippen LogP contribution >= 0.6 is 23.2 Å². The fourth-order valence-electron chi connectivity index (χ4n) is 5.16. The summed E-state index contributed by atoms with van der Waals surface area (Å²) in [6.07, 6.45) is 4.88. The fourth-order valence-corrected chi connectivity index (χ4v) is 5.67. The van der Waals surface area contributed by atoms with Gasteiger partial charge in [0.1, 0.15) is 5.54 Å². The van der Waals surface area contributed by atoms with Gasteiger partial charge in [0.25, 0.3) is 5.91 Å². The van der Waals surface area contributed by atoms with Gasteiger partial charge in [0.05, 0.1) is 12.8 Å². The summed E-state index contributed by atoms with van der Waals surface area (Å²) in [6.45, 7) is 0.527. The maximum atomic E-state index is 13.7. The number of imide groups is 1. The molecule has 1 unspecified atom stereocenters. The van der Waals surface area contributed by atoms with E-state index in [9.17, 15) is 14.4 Å². The molecule has 2 aliphatic heterocycles. The maximum absolute atomic E-state index is 13.7. The average molecular weight is 535 g/mol. The highest BCUT2D eigenvalue weighted by Gasteiger charge is 2.59. The van der Waals surface area contributed by atoms with E-state index in [4.69, 9.17) is 23.2 Å². The summed E-state index contributed by atoms with van der Waals surface area (Å²) in [7, 11) is 1.34. The summed E-state index contributed by atoms with van der Waals surface area (Å²) in [5, 5.41) is 0.731. The molecular weight excluding hydrogens is 511 g/mol. The van der Waals surface area contributed by atoms with Gasteiger partial charge in [-0.25, -0.2) is 14.5 Å². The topological polar surface area (TPSA) is 66.9 Å². The molecule has 6 nitrogen and oxygen atoms in total. The van der Waals surface area contributed by atoms with Crippen LogP contribution in [0, 0.1) is 0 Å².